The minimum absolute atomic E-state index is 0.241. The minimum atomic E-state index is -3.97. The molecule has 0 radical (unpaired) electrons. The monoisotopic (exact) mass is 1020 g/mol. The van der Waals surface area contributed by atoms with Crippen molar-refractivity contribution in [2.75, 3.05) is 0 Å². The van der Waals surface area contributed by atoms with Crippen molar-refractivity contribution in [3.8, 4) is 0 Å². The SMILES string of the molecule is CC.CC1CCC2(CC1)CC(C)(C)CC(C)(C)C2.CC1CCC2(CC1)CCC(C)(C)CC2.CCC(C)CC.CCC1(C(F)(F)F)CCCC1.CCCCC(C)CC.Cc1ccc(C(C)(C)C)cc1C(C)(C)C. The van der Waals surface area contributed by atoms with Crippen molar-refractivity contribution in [2.45, 2.75) is 350 Å². The molecule has 5 fully saturated rings. The zero-order valence-electron chi connectivity index (χ0n) is 53.6. The summed E-state index contributed by atoms with van der Waals surface area (Å²) >= 11 is 0. The average molecular weight is 1020 g/mol. The van der Waals surface area contributed by atoms with Gasteiger partial charge in [-0.25, -0.2) is 0 Å². The highest BCUT2D eigenvalue weighted by Gasteiger charge is 2.54. The van der Waals surface area contributed by atoms with Crippen LogP contribution in [-0.4, -0.2) is 6.18 Å². The Balaban J connectivity index is 0.000000856. The summed E-state index contributed by atoms with van der Waals surface area (Å²) < 4.78 is 37.2. The first-order valence-electron chi connectivity index (χ1n) is 31.2. The van der Waals surface area contributed by atoms with Gasteiger partial charge in [-0.1, -0.05) is 254 Å². The molecule has 3 heteroatoms. The molecule has 0 nitrogen and oxygen atoms in total. The van der Waals surface area contributed by atoms with E-state index in [4.69, 9.17) is 0 Å². The Morgan fingerprint density at radius 1 is 0.542 bits per heavy atom. The second kappa shape index (κ2) is 31.4. The van der Waals surface area contributed by atoms with Gasteiger partial charge in [-0.05, 0) is 175 Å². The molecule has 1 atom stereocenters. The number of rotatable bonds is 7. The standard InChI is InChI=1S/C16H30.C15H24.C14H26.C8H13F3.C8H18.C6H14.C2H6/c1-13-6-8-16(9-7-13)11-14(2,3)10-15(4,5)12-16;1-11-8-9-12(14(2,3)4)10-13(11)15(5,6)7;1-12-4-6-14(7-5-12)10-8-13(2,3)9-11-14;1-2-7(8(9,10)11)5-3-4-6-7;1-4-6-7-8(3)5-2;1-4-6(3)5-2;1-2/h13H,6-12H2,1-5H3;8-10H,1-7H3;12H,4-11H2,1-3H3;2-6H2,1H3;8H,4-7H2,1-3H3;6H,4-5H2,1-3H3;1-2H3. The summed E-state index contributed by atoms with van der Waals surface area (Å²) in [6, 6.07) is 6.88. The molecule has 1 aromatic carbocycles. The molecule has 0 amide bonds. The van der Waals surface area contributed by atoms with E-state index < -0.39 is 11.6 Å². The Bertz CT molecular complexity index is 1500. The van der Waals surface area contributed by atoms with Crippen LogP contribution in [0.4, 0.5) is 13.2 Å². The van der Waals surface area contributed by atoms with E-state index in [1.807, 2.05) is 13.8 Å². The Kier molecular flexibility index (Phi) is 31.0. The maximum atomic E-state index is 12.4. The smallest absolute Gasteiger partial charge is 0.171 e. The normalized spacial score (nSPS) is 22.3. The van der Waals surface area contributed by atoms with Gasteiger partial charge in [-0.15, -0.1) is 0 Å². The summed E-state index contributed by atoms with van der Waals surface area (Å²) in [7, 11) is 0. The van der Waals surface area contributed by atoms with Crippen LogP contribution in [0, 0.1) is 63.1 Å². The first-order valence-corrected chi connectivity index (χ1v) is 31.2. The third kappa shape index (κ3) is 25.9. The lowest BCUT2D eigenvalue weighted by Crippen LogP contribution is -2.43. The highest BCUT2D eigenvalue weighted by Crippen LogP contribution is 2.60. The third-order valence-electron chi connectivity index (χ3n) is 18.9. The van der Waals surface area contributed by atoms with E-state index in [0.29, 0.717) is 34.5 Å². The van der Waals surface area contributed by atoms with Gasteiger partial charge in [0.25, 0.3) is 0 Å². The van der Waals surface area contributed by atoms with Gasteiger partial charge in [0, 0.05) is 0 Å². The van der Waals surface area contributed by atoms with Crippen LogP contribution >= 0.6 is 0 Å². The fraction of sp³-hybridized carbons (Fsp3) is 0.913. The molecule has 0 bridgehead atoms. The molecule has 2 spiro atoms. The summed E-state index contributed by atoms with van der Waals surface area (Å²) in [4.78, 5) is 0. The molecule has 0 aromatic heterocycles. The van der Waals surface area contributed by atoms with E-state index in [0.717, 1.165) is 41.9 Å². The molecule has 0 saturated heterocycles. The zero-order chi connectivity index (χ0) is 56.0. The van der Waals surface area contributed by atoms with Gasteiger partial charge >= 0.3 is 6.18 Å². The zero-order valence-corrected chi connectivity index (χ0v) is 53.6. The molecule has 1 unspecified atom stereocenters. The number of unbranched alkanes of at least 4 members (excludes halogenated alkanes) is 1. The van der Waals surface area contributed by atoms with Crippen molar-refractivity contribution < 1.29 is 13.2 Å². The summed E-state index contributed by atoms with van der Waals surface area (Å²) in [6.07, 6.45) is 29.0. The molecule has 5 aliphatic rings. The van der Waals surface area contributed by atoms with Crippen molar-refractivity contribution in [1.82, 2.24) is 0 Å². The lowest BCUT2D eigenvalue weighted by molar-refractivity contribution is -0.223. The van der Waals surface area contributed by atoms with Crippen molar-refractivity contribution in [1.29, 1.82) is 0 Å². The van der Waals surface area contributed by atoms with E-state index in [9.17, 15) is 13.2 Å². The lowest BCUT2D eigenvalue weighted by atomic mass is 9.51. The maximum Gasteiger partial charge on any atom is 0.394 e. The second-order valence-corrected chi connectivity index (χ2v) is 29.8. The molecule has 0 heterocycles. The van der Waals surface area contributed by atoms with Crippen LogP contribution in [0.3, 0.4) is 0 Å². The van der Waals surface area contributed by atoms with E-state index >= 15 is 0 Å². The third-order valence-corrected chi connectivity index (χ3v) is 18.9. The Morgan fingerprint density at radius 2 is 0.958 bits per heavy atom. The van der Waals surface area contributed by atoms with Crippen LogP contribution < -0.4 is 0 Å². The van der Waals surface area contributed by atoms with Gasteiger partial charge in [0.1, 0.15) is 0 Å². The summed E-state index contributed by atoms with van der Waals surface area (Å²) in [6.45, 7) is 54.8. The topological polar surface area (TPSA) is 0 Å². The van der Waals surface area contributed by atoms with Crippen LogP contribution in [0.5, 0.6) is 0 Å². The molecule has 0 N–H and O–H groups in total. The molecule has 6 rings (SSSR count). The summed E-state index contributed by atoms with van der Waals surface area (Å²) in [5.74, 6) is 3.88. The summed E-state index contributed by atoms with van der Waals surface area (Å²) in [5, 5.41) is 0. The lowest BCUT2D eigenvalue weighted by Gasteiger charge is -2.54. The van der Waals surface area contributed by atoms with Crippen LogP contribution in [0.15, 0.2) is 18.2 Å². The van der Waals surface area contributed by atoms with Gasteiger partial charge in [0.15, 0.2) is 0 Å². The van der Waals surface area contributed by atoms with Crippen molar-refractivity contribution in [3.05, 3.63) is 34.9 Å². The molecule has 1 aromatic rings. The maximum absolute atomic E-state index is 12.4. The van der Waals surface area contributed by atoms with Crippen LogP contribution in [0.25, 0.3) is 0 Å². The Morgan fingerprint density at radius 3 is 1.28 bits per heavy atom. The van der Waals surface area contributed by atoms with Crippen LogP contribution in [-0.2, 0) is 10.8 Å². The quantitative estimate of drug-likeness (QED) is 0.255. The predicted molar refractivity (Wildman–Crippen MR) is 320 cm³/mol. The van der Waals surface area contributed by atoms with Gasteiger partial charge in [-0.2, -0.15) is 13.2 Å². The first kappa shape index (κ1) is 71.0. The van der Waals surface area contributed by atoms with Gasteiger partial charge in [0.05, 0.1) is 5.41 Å². The largest absolute Gasteiger partial charge is 0.394 e. The number of alkyl halides is 3. The van der Waals surface area contributed by atoms with Crippen molar-refractivity contribution >= 4 is 0 Å². The Labute approximate surface area is 452 Å². The molecule has 72 heavy (non-hydrogen) atoms. The number of benzene rings is 1. The fourth-order valence-electron chi connectivity index (χ4n) is 13.4. The van der Waals surface area contributed by atoms with Crippen LogP contribution in [0.1, 0.15) is 343 Å². The van der Waals surface area contributed by atoms with Gasteiger partial charge in [-0.3, -0.25) is 0 Å². The Hall–Kier alpha value is -0.990. The number of halogens is 3. The molecule has 5 aliphatic carbocycles. The highest BCUT2D eigenvalue weighted by atomic mass is 19.4. The van der Waals surface area contributed by atoms with Gasteiger partial charge in [0.2, 0.25) is 0 Å². The summed E-state index contributed by atoms with van der Waals surface area (Å²) in [5.41, 5.74) is 6.74. The van der Waals surface area contributed by atoms with Gasteiger partial charge < -0.3 is 0 Å². The first-order chi connectivity index (χ1) is 33.0. The van der Waals surface area contributed by atoms with E-state index in [2.05, 4.69) is 164 Å². The minimum Gasteiger partial charge on any atom is -0.171 e. The number of hydrogen-bond acceptors (Lipinski definition) is 0. The highest BCUT2D eigenvalue weighted by molar-refractivity contribution is 5.38. The fourth-order valence-corrected chi connectivity index (χ4v) is 13.4. The molecular formula is C69H131F3. The molecule has 0 aliphatic heterocycles. The number of hydrogen-bond donors (Lipinski definition) is 0. The van der Waals surface area contributed by atoms with E-state index in [1.165, 1.54) is 152 Å². The number of aryl methyl sites for hydroxylation is 1. The molecular weight excluding hydrogens is 886 g/mol. The predicted octanol–water partition coefficient (Wildman–Crippen LogP) is 25.0. The van der Waals surface area contributed by atoms with E-state index in [-0.39, 0.29) is 17.3 Å². The van der Waals surface area contributed by atoms with E-state index in [1.54, 1.807) is 6.92 Å². The molecule has 428 valence electrons. The van der Waals surface area contributed by atoms with Crippen molar-refractivity contribution in [3.63, 3.8) is 0 Å². The van der Waals surface area contributed by atoms with Crippen molar-refractivity contribution in [2.24, 2.45) is 56.2 Å². The molecule has 5 saturated carbocycles. The average Bonchev–Trinajstić information content (AvgIpc) is 3.80. The second-order valence-electron chi connectivity index (χ2n) is 29.8. The van der Waals surface area contributed by atoms with Crippen LogP contribution in [0.2, 0.25) is 0 Å².